The van der Waals surface area contributed by atoms with Crippen LogP contribution in [0.15, 0.2) is 40.8 Å². The molecule has 1 aromatic heterocycles. The molecule has 1 atom stereocenters. The Morgan fingerprint density at radius 2 is 2.05 bits per heavy atom. The van der Waals surface area contributed by atoms with Gasteiger partial charge in [0.05, 0.1) is 0 Å². The Kier molecular flexibility index (Phi) is 3.75. The summed E-state index contributed by atoms with van der Waals surface area (Å²) >= 11 is 0. The number of carbonyl (C=O) groups excluding carboxylic acids is 1. The molecule has 5 heteroatoms. The average molecular weight is 288 g/mol. The molecule has 4 nitrogen and oxygen atoms in total. The first-order valence-corrected chi connectivity index (χ1v) is 7.02. The van der Waals surface area contributed by atoms with Crippen LogP contribution in [0.1, 0.15) is 17.0 Å². The van der Waals surface area contributed by atoms with Crippen LogP contribution in [0.4, 0.5) is 4.39 Å². The second-order valence-electron chi connectivity index (χ2n) is 5.31. The maximum absolute atomic E-state index is 12.9. The highest BCUT2D eigenvalue weighted by atomic mass is 19.1. The second kappa shape index (κ2) is 5.69. The minimum atomic E-state index is -0.300. The standard InChI is InChI=1S/C16H17FN2O2/c17-13-3-1-12(2-4-13)14-5-6-15(21-14)16(20)19-8-7-11(9-18)10-19/h1-6,11H,7-10,18H2. The minimum Gasteiger partial charge on any atom is -0.451 e. The van der Waals surface area contributed by atoms with E-state index in [0.717, 1.165) is 12.0 Å². The van der Waals surface area contributed by atoms with Crippen LogP contribution in [-0.2, 0) is 0 Å². The molecule has 1 amide bonds. The Hall–Kier alpha value is -2.14. The van der Waals surface area contributed by atoms with Crippen molar-refractivity contribution in [1.29, 1.82) is 0 Å². The third-order valence-electron chi connectivity index (χ3n) is 3.85. The summed E-state index contributed by atoms with van der Waals surface area (Å²) in [5, 5.41) is 0. The lowest BCUT2D eigenvalue weighted by Gasteiger charge is -2.14. The summed E-state index contributed by atoms with van der Waals surface area (Å²) in [4.78, 5) is 14.1. The Balaban J connectivity index is 1.75. The number of hydrogen-bond acceptors (Lipinski definition) is 3. The predicted molar refractivity (Wildman–Crippen MR) is 77.2 cm³/mol. The Labute approximate surface area is 122 Å². The quantitative estimate of drug-likeness (QED) is 0.944. The Morgan fingerprint density at radius 3 is 2.71 bits per heavy atom. The Bertz CT molecular complexity index is 636. The summed E-state index contributed by atoms with van der Waals surface area (Å²) in [6.45, 7) is 2.00. The number of benzene rings is 1. The van der Waals surface area contributed by atoms with E-state index in [1.807, 2.05) is 0 Å². The summed E-state index contributed by atoms with van der Waals surface area (Å²) in [5.41, 5.74) is 6.38. The van der Waals surface area contributed by atoms with Crippen LogP contribution in [0.5, 0.6) is 0 Å². The van der Waals surface area contributed by atoms with Crippen LogP contribution in [-0.4, -0.2) is 30.4 Å². The van der Waals surface area contributed by atoms with Gasteiger partial charge in [-0.2, -0.15) is 0 Å². The largest absolute Gasteiger partial charge is 0.451 e. The van der Waals surface area contributed by atoms with E-state index in [1.54, 1.807) is 29.2 Å². The van der Waals surface area contributed by atoms with Crippen molar-refractivity contribution >= 4 is 5.91 Å². The number of hydrogen-bond donors (Lipinski definition) is 1. The summed E-state index contributed by atoms with van der Waals surface area (Å²) in [6, 6.07) is 9.39. The number of carbonyl (C=O) groups is 1. The number of nitrogens with two attached hydrogens (primary N) is 1. The predicted octanol–water partition coefficient (Wildman–Crippen LogP) is 2.51. The van der Waals surface area contributed by atoms with Gasteiger partial charge < -0.3 is 15.1 Å². The van der Waals surface area contributed by atoms with Gasteiger partial charge in [0.15, 0.2) is 5.76 Å². The molecule has 0 bridgehead atoms. The molecule has 2 aromatic rings. The van der Waals surface area contributed by atoms with Crippen LogP contribution < -0.4 is 5.73 Å². The molecule has 2 heterocycles. The fraction of sp³-hybridized carbons (Fsp3) is 0.312. The van der Waals surface area contributed by atoms with Gasteiger partial charge in [0.2, 0.25) is 0 Å². The van der Waals surface area contributed by atoms with Crippen molar-refractivity contribution in [3.63, 3.8) is 0 Å². The number of rotatable bonds is 3. The van der Waals surface area contributed by atoms with Gasteiger partial charge >= 0.3 is 0 Å². The number of amides is 1. The van der Waals surface area contributed by atoms with E-state index in [2.05, 4.69) is 0 Å². The fourth-order valence-electron chi connectivity index (χ4n) is 2.59. The van der Waals surface area contributed by atoms with Crippen molar-refractivity contribution in [1.82, 2.24) is 4.90 Å². The molecule has 1 fully saturated rings. The van der Waals surface area contributed by atoms with Crippen LogP contribution in [0, 0.1) is 11.7 Å². The second-order valence-corrected chi connectivity index (χ2v) is 5.31. The lowest BCUT2D eigenvalue weighted by atomic mass is 10.1. The molecular weight excluding hydrogens is 271 g/mol. The maximum Gasteiger partial charge on any atom is 0.289 e. The highest BCUT2D eigenvalue weighted by molar-refractivity contribution is 5.92. The molecule has 1 aliphatic heterocycles. The van der Waals surface area contributed by atoms with E-state index in [9.17, 15) is 9.18 Å². The summed E-state index contributed by atoms with van der Waals surface area (Å²) < 4.78 is 18.5. The lowest BCUT2D eigenvalue weighted by molar-refractivity contribution is 0.0757. The molecule has 0 aliphatic carbocycles. The highest BCUT2D eigenvalue weighted by Gasteiger charge is 2.27. The summed E-state index contributed by atoms with van der Waals surface area (Å²) in [5.74, 6) is 0.839. The average Bonchev–Trinajstić information content (AvgIpc) is 3.16. The van der Waals surface area contributed by atoms with Gasteiger partial charge in [-0.1, -0.05) is 0 Å². The number of halogens is 1. The molecule has 0 radical (unpaired) electrons. The van der Waals surface area contributed by atoms with E-state index in [0.29, 0.717) is 37.1 Å². The molecule has 21 heavy (non-hydrogen) atoms. The lowest BCUT2D eigenvalue weighted by Crippen LogP contribution is -2.29. The molecule has 2 N–H and O–H groups in total. The smallest absolute Gasteiger partial charge is 0.289 e. The first kappa shape index (κ1) is 13.8. The van der Waals surface area contributed by atoms with E-state index in [-0.39, 0.29) is 11.7 Å². The third kappa shape index (κ3) is 2.83. The van der Waals surface area contributed by atoms with Crippen LogP contribution in [0.25, 0.3) is 11.3 Å². The van der Waals surface area contributed by atoms with Crippen molar-refractivity contribution < 1.29 is 13.6 Å². The van der Waals surface area contributed by atoms with Crippen LogP contribution in [0.2, 0.25) is 0 Å². The van der Waals surface area contributed by atoms with Gasteiger partial charge in [0.1, 0.15) is 11.6 Å². The first-order valence-electron chi connectivity index (χ1n) is 7.02. The SMILES string of the molecule is NCC1CCN(C(=O)c2ccc(-c3ccc(F)cc3)o2)C1. The van der Waals surface area contributed by atoms with Gasteiger partial charge in [0.25, 0.3) is 5.91 Å². The monoisotopic (exact) mass is 288 g/mol. The zero-order valence-electron chi connectivity index (χ0n) is 11.6. The minimum absolute atomic E-state index is 0.112. The molecule has 0 saturated carbocycles. The van der Waals surface area contributed by atoms with Crippen molar-refractivity contribution in [3.8, 4) is 11.3 Å². The molecule has 0 spiro atoms. The van der Waals surface area contributed by atoms with Crippen LogP contribution >= 0.6 is 0 Å². The van der Waals surface area contributed by atoms with E-state index < -0.39 is 0 Å². The van der Waals surface area contributed by atoms with Crippen molar-refractivity contribution in [2.24, 2.45) is 11.7 Å². The van der Waals surface area contributed by atoms with Crippen molar-refractivity contribution in [3.05, 3.63) is 48.0 Å². The molecular formula is C16H17FN2O2. The van der Waals surface area contributed by atoms with Crippen molar-refractivity contribution in [2.75, 3.05) is 19.6 Å². The summed E-state index contributed by atoms with van der Waals surface area (Å²) in [6.07, 6.45) is 0.938. The van der Waals surface area contributed by atoms with E-state index >= 15 is 0 Å². The Morgan fingerprint density at radius 1 is 1.29 bits per heavy atom. The van der Waals surface area contributed by atoms with Gasteiger partial charge in [-0.15, -0.1) is 0 Å². The van der Waals surface area contributed by atoms with Gasteiger partial charge in [-0.3, -0.25) is 4.79 Å². The highest BCUT2D eigenvalue weighted by Crippen LogP contribution is 2.24. The molecule has 1 aliphatic rings. The molecule has 1 saturated heterocycles. The fourth-order valence-corrected chi connectivity index (χ4v) is 2.59. The number of furan rings is 1. The molecule has 1 aromatic carbocycles. The maximum atomic E-state index is 12.9. The van der Waals surface area contributed by atoms with Crippen molar-refractivity contribution in [2.45, 2.75) is 6.42 Å². The third-order valence-corrected chi connectivity index (χ3v) is 3.85. The normalized spacial score (nSPS) is 18.2. The topological polar surface area (TPSA) is 59.5 Å². The number of nitrogens with zero attached hydrogens (tertiary/aromatic N) is 1. The molecule has 1 unspecified atom stereocenters. The molecule has 3 rings (SSSR count). The van der Waals surface area contributed by atoms with E-state index in [1.165, 1.54) is 12.1 Å². The zero-order chi connectivity index (χ0) is 14.8. The van der Waals surface area contributed by atoms with Gasteiger partial charge in [0, 0.05) is 18.7 Å². The number of likely N-dealkylation sites (tertiary alicyclic amines) is 1. The van der Waals surface area contributed by atoms with Gasteiger partial charge in [-0.05, 0) is 55.3 Å². The zero-order valence-corrected chi connectivity index (χ0v) is 11.6. The van der Waals surface area contributed by atoms with Gasteiger partial charge in [-0.25, -0.2) is 4.39 Å². The van der Waals surface area contributed by atoms with Crippen LogP contribution in [0.3, 0.4) is 0 Å². The summed E-state index contributed by atoms with van der Waals surface area (Å²) in [7, 11) is 0. The first-order chi connectivity index (χ1) is 10.2. The van der Waals surface area contributed by atoms with E-state index in [4.69, 9.17) is 10.2 Å². The molecule has 110 valence electrons.